The minimum atomic E-state index is -0.237. The minimum Gasteiger partial charge on any atom is -0.395 e. The molecule has 0 aliphatic carbocycles. The van der Waals surface area contributed by atoms with Crippen LogP contribution in [0.1, 0.15) is 18.7 Å². The lowest BCUT2D eigenvalue weighted by molar-refractivity contribution is 0.0341. The van der Waals surface area contributed by atoms with Gasteiger partial charge in [-0.3, -0.25) is 5.32 Å². The van der Waals surface area contributed by atoms with Gasteiger partial charge in [-0.05, 0) is 40.8 Å². The predicted molar refractivity (Wildman–Crippen MR) is 107 cm³/mol. The zero-order chi connectivity index (χ0) is 18.2. The van der Waals surface area contributed by atoms with Gasteiger partial charge in [0, 0.05) is 13.2 Å². The molecule has 1 unspecified atom stereocenters. The van der Waals surface area contributed by atoms with Crippen LogP contribution >= 0.6 is 0 Å². The first-order valence-corrected chi connectivity index (χ1v) is 9.04. The highest BCUT2D eigenvalue weighted by Crippen LogP contribution is 2.34. The molecular formula is C23H25NO2. The molecule has 3 heteroatoms. The summed E-state index contributed by atoms with van der Waals surface area (Å²) in [6.45, 7) is 3.15. The Morgan fingerprint density at radius 1 is 0.846 bits per heavy atom. The molecule has 26 heavy (non-hydrogen) atoms. The summed E-state index contributed by atoms with van der Waals surface area (Å²) in [5.74, 6) is 0. The maximum atomic E-state index is 9.14. The lowest BCUT2D eigenvalue weighted by Gasteiger charge is -2.21. The first-order chi connectivity index (χ1) is 12.8. The van der Waals surface area contributed by atoms with E-state index in [0.29, 0.717) is 13.2 Å². The quantitative estimate of drug-likeness (QED) is 0.583. The summed E-state index contributed by atoms with van der Waals surface area (Å²) < 4.78 is 5.84. The van der Waals surface area contributed by atoms with E-state index in [2.05, 4.69) is 72.0 Å². The number of hydrogen-bond acceptors (Lipinski definition) is 3. The number of aliphatic hydroxyl groups excluding tert-OH is 1. The van der Waals surface area contributed by atoms with Crippen LogP contribution in [0.3, 0.4) is 0 Å². The monoisotopic (exact) mass is 347 g/mol. The highest BCUT2D eigenvalue weighted by Gasteiger charge is 2.15. The van der Waals surface area contributed by atoms with Gasteiger partial charge in [-0.25, -0.2) is 0 Å². The lowest BCUT2D eigenvalue weighted by atomic mass is 9.92. The minimum absolute atomic E-state index is 0.0806. The first-order valence-electron chi connectivity index (χ1n) is 9.04. The molecule has 134 valence electrons. The summed E-state index contributed by atoms with van der Waals surface area (Å²) in [6, 6.07) is 27.2. The van der Waals surface area contributed by atoms with Gasteiger partial charge in [0.05, 0.1) is 6.61 Å². The third-order valence-corrected chi connectivity index (χ3v) is 4.29. The number of benzene rings is 3. The van der Waals surface area contributed by atoms with Gasteiger partial charge < -0.3 is 9.84 Å². The Morgan fingerprint density at radius 2 is 1.46 bits per heavy atom. The van der Waals surface area contributed by atoms with E-state index in [9.17, 15) is 0 Å². The van der Waals surface area contributed by atoms with Crippen molar-refractivity contribution in [3.05, 3.63) is 84.4 Å². The van der Waals surface area contributed by atoms with E-state index in [-0.39, 0.29) is 12.8 Å². The predicted octanol–water partition coefficient (Wildman–Crippen LogP) is 4.64. The van der Waals surface area contributed by atoms with Gasteiger partial charge in [0.1, 0.15) is 6.23 Å². The molecule has 0 aliphatic heterocycles. The van der Waals surface area contributed by atoms with Gasteiger partial charge in [-0.1, -0.05) is 72.8 Å². The Kier molecular flexibility index (Phi) is 6.56. The third-order valence-electron chi connectivity index (χ3n) is 4.29. The van der Waals surface area contributed by atoms with Gasteiger partial charge in [-0.15, -0.1) is 0 Å². The molecule has 0 radical (unpaired) electrons. The van der Waals surface area contributed by atoms with E-state index in [4.69, 9.17) is 9.84 Å². The third kappa shape index (κ3) is 4.38. The number of rotatable bonds is 8. The molecule has 0 aromatic heterocycles. The van der Waals surface area contributed by atoms with Crippen molar-refractivity contribution in [2.45, 2.75) is 13.2 Å². The van der Waals surface area contributed by atoms with E-state index in [1.54, 1.807) is 0 Å². The van der Waals surface area contributed by atoms with Crippen molar-refractivity contribution in [1.29, 1.82) is 0 Å². The van der Waals surface area contributed by atoms with Crippen molar-refractivity contribution in [3.8, 4) is 22.3 Å². The van der Waals surface area contributed by atoms with Gasteiger partial charge in [0.25, 0.3) is 0 Å². The van der Waals surface area contributed by atoms with Crippen molar-refractivity contribution < 1.29 is 9.84 Å². The Morgan fingerprint density at radius 3 is 2.04 bits per heavy atom. The summed E-state index contributed by atoms with van der Waals surface area (Å²) in [6.07, 6.45) is -0.237. The Hall–Kier alpha value is -2.46. The Balaban J connectivity index is 2.07. The molecule has 0 saturated heterocycles. The largest absolute Gasteiger partial charge is 0.395 e. The molecule has 3 aromatic carbocycles. The summed E-state index contributed by atoms with van der Waals surface area (Å²) in [5.41, 5.74) is 5.78. The van der Waals surface area contributed by atoms with Crippen LogP contribution in [-0.4, -0.2) is 24.9 Å². The highest BCUT2D eigenvalue weighted by molar-refractivity contribution is 5.83. The maximum absolute atomic E-state index is 9.14. The molecule has 3 aromatic rings. The second-order valence-electron chi connectivity index (χ2n) is 6.05. The van der Waals surface area contributed by atoms with Crippen molar-refractivity contribution in [2.75, 3.05) is 19.8 Å². The van der Waals surface area contributed by atoms with Crippen LogP contribution in [-0.2, 0) is 4.74 Å². The second-order valence-corrected chi connectivity index (χ2v) is 6.05. The standard InChI is InChI=1S/C23H25NO2/c1-2-26-23(24-15-16-25)20-13-14-21(18-9-5-3-6-10-18)22(17-20)19-11-7-4-8-12-19/h3-14,17,23-25H,2,15-16H2,1H3. The van der Waals surface area contributed by atoms with Crippen LogP contribution in [0.2, 0.25) is 0 Å². The molecule has 0 aliphatic rings. The van der Waals surface area contributed by atoms with E-state index >= 15 is 0 Å². The molecule has 3 nitrogen and oxygen atoms in total. The Labute approximate surface area is 155 Å². The topological polar surface area (TPSA) is 41.5 Å². The molecular weight excluding hydrogens is 322 g/mol. The number of hydrogen-bond donors (Lipinski definition) is 2. The molecule has 2 N–H and O–H groups in total. The van der Waals surface area contributed by atoms with Crippen LogP contribution in [0.4, 0.5) is 0 Å². The molecule has 1 atom stereocenters. The fourth-order valence-corrected chi connectivity index (χ4v) is 3.09. The SMILES string of the molecule is CCOC(NCCO)c1ccc(-c2ccccc2)c(-c2ccccc2)c1. The summed E-state index contributed by atoms with van der Waals surface area (Å²) in [4.78, 5) is 0. The molecule has 3 rings (SSSR count). The molecule has 0 spiro atoms. The molecule has 0 amide bonds. The zero-order valence-corrected chi connectivity index (χ0v) is 15.1. The van der Waals surface area contributed by atoms with Crippen molar-refractivity contribution in [2.24, 2.45) is 0 Å². The first kappa shape index (κ1) is 18.3. The fourth-order valence-electron chi connectivity index (χ4n) is 3.09. The van der Waals surface area contributed by atoms with Gasteiger partial charge >= 0.3 is 0 Å². The summed E-state index contributed by atoms with van der Waals surface area (Å²) in [5, 5.41) is 12.4. The molecule has 0 bridgehead atoms. The van der Waals surface area contributed by atoms with Crippen LogP contribution in [0.15, 0.2) is 78.9 Å². The van der Waals surface area contributed by atoms with Gasteiger partial charge in [0.15, 0.2) is 0 Å². The van der Waals surface area contributed by atoms with Crippen LogP contribution in [0.25, 0.3) is 22.3 Å². The van der Waals surface area contributed by atoms with E-state index in [0.717, 1.165) is 5.56 Å². The average molecular weight is 347 g/mol. The van der Waals surface area contributed by atoms with Crippen LogP contribution < -0.4 is 5.32 Å². The van der Waals surface area contributed by atoms with Crippen LogP contribution in [0.5, 0.6) is 0 Å². The lowest BCUT2D eigenvalue weighted by Crippen LogP contribution is -2.26. The van der Waals surface area contributed by atoms with Gasteiger partial charge in [-0.2, -0.15) is 0 Å². The van der Waals surface area contributed by atoms with E-state index in [1.165, 1.54) is 22.3 Å². The molecule has 0 heterocycles. The number of nitrogens with one attached hydrogen (secondary N) is 1. The van der Waals surface area contributed by atoms with Crippen LogP contribution in [0, 0.1) is 0 Å². The average Bonchev–Trinajstić information content (AvgIpc) is 2.72. The van der Waals surface area contributed by atoms with E-state index in [1.807, 2.05) is 19.1 Å². The number of ether oxygens (including phenoxy) is 1. The summed E-state index contributed by atoms with van der Waals surface area (Å²) >= 11 is 0. The second kappa shape index (κ2) is 9.30. The number of aliphatic hydroxyl groups is 1. The van der Waals surface area contributed by atoms with Crippen molar-refractivity contribution in [3.63, 3.8) is 0 Å². The molecule has 0 fully saturated rings. The summed E-state index contributed by atoms with van der Waals surface area (Å²) in [7, 11) is 0. The van der Waals surface area contributed by atoms with Crippen molar-refractivity contribution in [1.82, 2.24) is 5.32 Å². The maximum Gasteiger partial charge on any atom is 0.134 e. The normalized spacial score (nSPS) is 12.1. The van der Waals surface area contributed by atoms with E-state index < -0.39 is 0 Å². The smallest absolute Gasteiger partial charge is 0.134 e. The fraction of sp³-hybridized carbons (Fsp3) is 0.217. The van der Waals surface area contributed by atoms with Crippen molar-refractivity contribution >= 4 is 0 Å². The molecule has 0 saturated carbocycles. The highest BCUT2D eigenvalue weighted by atomic mass is 16.5. The zero-order valence-electron chi connectivity index (χ0n) is 15.1. The Bertz CT molecular complexity index is 803. The van der Waals surface area contributed by atoms with Gasteiger partial charge in [0.2, 0.25) is 0 Å².